The first kappa shape index (κ1) is 15.9. The molecule has 0 spiro atoms. The van der Waals surface area contributed by atoms with Crippen LogP contribution in [0.15, 0.2) is 0 Å². The average Bonchev–Trinajstić information content (AvgIpc) is 2.77. The SMILES string of the molecule is CCOC(=O)c1sc(N2CCNCC2)c(OC(C)C)c1N. The first-order valence-electron chi connectivity index (χ1n) is 7.26. The van der Waals surface area contributed by atoms with Crippen LogP contribution in [0.1, 0.15) is 30.4 Å². The number of nitrogens with two attached hydrogens (primary N) is 1. The number of carbonyl (C=O) groups excluding carboxylic acids is 1. The standard InChI is InChI=1S/C14H23N3O3S/c1-4-19-14(18)12-10(15)11(20-9(2)3)13(21-12)17-7-5-16-6-8-17/h9,16H,4-8,15H2,1-3H3. The molecule has 0 saturated carbocycles. The van der Waals surface area contributed by atoms with Gasteiger partial charge >= 0.3 is 5.97 Å². The summed E-state index contributed by atoms with van der Waals surface area (Å²) in [6, 6.07) is 0. The third-order valence-corrected chi connectivity index (χ3v) is 4.33. The van der Waals surface area contributed by atoms with E-state index in [1.54, 1.807) is 6.92 Å². The van der Waals surface area contributed by atoms with E-state index < -0.39 is 0 Å². The molecule has 0 amide bonds. The summed E-state index contributed by atoms with van der Waals surface area (Å²) in [5.74, 6) is 0.231. The molecule has 3 N–H and O–H groups in total. The second-order valence-electron chi connectivity index (χ2n) is 5.10. The van der Waals surface area contributed by atoms with Crippen molar-refractivity contribution < 1.29 is 14.3 Å². The molecule has 0 aromatic carbocycles. The fraction of sp³-hybridized carbons (Fsp3) is 0.643. The monoisotopic (exact) mass is 313 g/mol. The summed E-state index contributed by atoms with van der Waals surface area (Å²) in [7, 11) is 0. The van der Waals surface area contributed by atoms with E-state index in [0.29, 0.717) is 22.9 Å². The van der Waals surface area contributed by atoms with E-state index >= 15 is 0 Å². The third kappa shape index (κ3) is 3.59. The molecule has 1 aliphatic heterocycles. The number of hydrogen-bond donors (Lipinski definition) is 2. The second-order valence-corrected chi connectivity index (χ2v) is 6.10. The molecule has 21 heavy (non-hydrogen) atoms. The van der Waals surface area contributed by atoms with Crippen molar-refractivity contribution in [3.8, 4) is 5.75 Å². The number of rotatable bonds is 5. The van der Waals surface area contributed by atoms with E-state index in [9.17, 15) is 4.79 Å². The lowest BCUT2D eigenvalue weighted by Gasteiger charge is -2.29. The molecule has 1 aromatic rings. The van der Waals surface area contributed by atoms with E-state index in [2.05, 4.69) is 10.2 Å². The van der Waals surface area contributed by atoms with Crippen LogP contribution in [0.5, 0.6) is 5.75 Å². The van der Waals surface area contributed by atoms with Gasteiger partial charge in [0.15, 0.2) is 5.75 Å². The van der Waals surface area contributed by atoms with Crippen LogP contribution < -0.4 is 20.7 Å². The number of anilines is 2. The zero-order valence-corrected chi connectivity index (χ0v) is 13.6. The first-order valence-corrected chi connectivity index (χ1v) is 8.08. The number of piperazine rings is 1. The van der Waals surface area contributed by atoms with Crippen molar-refractivity contribution in [2.24, 2.45) is 0 Å². The number of esters is 1. The summed E-state index contributed by atoms with van der Waals surface area (Å²) < 4.78 is 10.9. The van der Waals surface area contributed by atoms with Crippen LogP contribution in [0.3, 0.4) is 0 Å². The van der Waals surface area contributed by atoms with Gasteiger partial charge in [0.05, 0.1) is 12.7 Å². The fourth-order valence-electron chi connectivity index (χ4n) is 2.19. The molecule has 0 bridgehead atoms. The Morgan fingerprint density at radius 2 is 2.10 bits per heavy atom. The van der Waals surface area contributed by atoms with Crippen LogP contribution in [-0.4, -0.2) is 44.9 Å². The Kier molecular flexibility index (Phi) is 5.30. The van der Waals surface area contributed by atoms with Gasteiger partial charge in [-0.15, -0.1) is 11.3 Å². The maximum absolute atomic E-state index is 12.0. The van der Waals surface area contributed by atoms with Gasteiger partial charge in [0.1, 0.15) is 15.6 Å². The molecule has 1 fully saturated rings. The largest absolute Gasteiger partial charge is 0.486 e. The number of ether oxygens (including phenoxy) is 2. The van der Waals surface area contributed by atoms with Gasteiger partial charge in [-0.05, 0) is 20.8 Å². The number of nitrogen functional groups attached to an aromatic ring is 1. The van der Waals surface area contributed by atoms with E-state index in [4.69, 9.17) is 15.2 Å². The van der Waals surface area contributed by atoms with Gasteiger partial charge in [-0.2, -0.15) is 0 Å². The lowest BCUT2D eigenvalue weighted by molar-refractivity contribution is 0.0533. The summed E-state index contributed by atoms with van der Waals surface area (Å²) in [6.45, 7) is 9.57. The minimum absolute atomic E-state index is 0.00129. The Balaban J connectivity index is 2.36. The molecule has 118 valence electrons. The van der Waals surface area contributed by atoms with Crippen molar-refractivity contribution in [2.75, 3.05) is 43.4 Å². The van der Waals surface area contributed by atoms with E-state index in [-0.39, 0.29) is 12.1 Å². The molecule has 0 unspecified atom stereocenters. The maximum atomic E-state index is 12.0. The Bertz CT molecular complexity index is 496. The van der Waals surface area contributed by atoms with Crippen LogP contribution in [0.2, 0.25) is 0 Å². The smallest absolute Gasteiger partial charge is 0.350 e. The number of nitrogens with one attached hydrogen (secondary N) is 1. The molecule has 2 heterocycles. The van der Waals surface area contributed by atoms with Crippen LogP contribution in [0.4, 0.5) is 10.7 Å². The number of nitrogens with zero attached hydrogens (tertiary/aromatic N) is 1. The van der Waals surface area contributed by atoms with E-state index in [1.165, 1.54) is 11.3 Å². The Morgan fingerprint density at radius 3 is 2.67 bits per heavy atom. The van der Waals surface area contributed by atoms with Crippen LogP contribution in [-0.2, 0) is 4.74 Å². The highest BCUT2D eigenvalue weighted by molar-refractivity contribution is 7.19. The lowest BCUT2D eigenvalue weighted by Crippen LogP contribution is -2.43. The minimum atomic E-state index is -0.380. The molecule has 1 saturated heterocycles. The molecule has 1 aliphatic rings. The predicted octanol–water partition coefficient (Wildman–Crippen LogP) is 1.70. The minimum Gasteiger partial charge on any atom is -0.486 e. The summed E-state index contributed by atoms with van der Waals surface area (Å²) in [6.07, 6.45) is -0.00129. The molecule has 7 heteroatoms. The van der Waals surface area contributed by atoms with Crippen molar-refractivity contribution in [1.82, 2.24) is 5.32 Å². The molecule has 1 aromatic heterocycles. The maximum Gasteiger partial charge on any atom is 0.350 e. The van der Waals surface area contributed by atoms with Crippen LogP contribution >= 0.6 is 11.3 Å². The topological polar surface area (TPSA) is 76.8 Å². The summed E-state index contributed by atoms with van der Waals surface area (Å²) in [5, 5.41) is 4.23. The zero-order chi connectivity index (χ0) is 15.4. The van der Waals surface area contributed by atoms with Crippen molar-refractivity contribution in [2.45, 2.75) is 26.9 Å². The Morgan fingerprint density at radius 1 is 1.43 bits per heavy atom. The zero-order valence-electron chi connectivity index (χ0n) is 12.8. The fourth-order valence-corrected chi connectivity index (χ4v) is 3.29. The van der Waals surface area contributed by atoms with Crippen molar-refractivity contribution in [3.05, 3.63) is 4.88 Å². The molecular weight excluding hydrogens is 290 g/mol. The first-order chi connectivity index (χ1) is 10.0. The van der Waals surface area contributed by atoms with Gasteiger partial charge in [0.25, 0.3) is 0 Å². The predicted molar refractivity (Wildman–Crippen MR) is 85.5 cm³/mol. The number of thiophene rings is 1. The van der Waals surface area contributed by atoms with Crippen LogP contribution in [0.25, 0.3) is 0 Å². The van der Waals surface area contributed by atoms with Gasteiger partial charge < -0.3 is 25.4 Å². The lowest BCUT2D eigenvalue weighted by atomic mass is 10.3. The quantitative estimate of drug-likeness (QED) is 0.806. The van der Waals surface area contributed by atoms with Gasteiger partial charge in [-0.1, -0.05) is 0 Å². The highest BCUT2D eigenvalue weighted by atomic mass is 32.1. The normalized spacial score (nSPS) is 15.3. The van der Waals surface area contributed by atoms with Gasteiger partial charge in [-0.25, -0.2) is 4.79 Å². The van der Waals surface area contributed by atoms with E-state index in [0.717, 1.165) is 31.2 Å². The second kappa shape index (κ2) is 7.00. The van der Waals surface area contributed by atoms with Gasteiger partial charge in [0, 0.05) is 26.2 Å². The number of hydrogen-bond acceptors (Lipinski definition) is 7. The van der Waals surface area contributed by atoms with Crippen molar-refractivity contribution >= 4 is 28.0 Å². The molecular formula is C14H23N3O3S. The molecule has 0 atom stereocenters. The summed E-state index contributed by atoms with van der Waals surface area (Å²) in [4.78, 5) is 14.7. The van der Waals surface area contributed by atoms with E-state index in [1.807, 2.05) is 13.8 Å². The number of carbonyl (C=O) groups is 1. The highest BCUT2D eigenvalue weighted by Crippen LogP contribution is 2.45. The molecule has 2 rings (SSSR count). The van der Waals surface area contributed by atoms with Gasteiger partial charge in [0.2, 0.25) is 0 Å². The van der Waals surface area contributed by atoms with Crippen molar-refractivity contribution in [3.63, 3.8) is 0 Å². The Hall–Kier alpha value is -1.47. The average molecular weight is 313 g/mol. The summed E-state index contributed by atoms with van der Waals surface area (Å²) in [5.41, 5.74) is 6.52. The van der Waals surface area contributed by atoms with Crippen LogP contribution in [0, 0.1) is 0 Å². The third-order valence-electron chi connectivity index (χ3n) is 3.10. The Labute approximate surface area is 129 Å². The molecule has 0 aliphatic carbocycles. The van der Waals surface area contributed by atoms with Crippen molar-refractivity contribution in [1.29, 1.82) is 0 Å². The summed E-state index contributed by atoms with van der Waals surface area (Å²) >= 11 is 1.36. The molecule has 6 nitrogen and oxygen atoms in total. The van der Waals surface area contributed by atoms with Gasteiger partial charge in [-0.3, -0.25) is 0 Å². The molecule has 0 radical (unpaired) electrons. The highest BCUT2D eigenvalue weighted by Gasteiger charge is 2.27.